The normalized spacial score (nSPS) is 22.4. The van der Waals surface area contributed by atoms with Crippen LogP contribution < -0.4 is 4.74 Å². The smallest absolute Gasteiger partial charge is 0.434 e. The molecule has 166 valence electrons. The third kappa shape index (κ3) is 3.49. The molecule has 0 saturated carbocycles. The summed E-state index contributed by atoms with van der Waals surface area (Å²) >= 11 is 0. The highest BCUT2D eigenvalue weighted by atomic mass is 19.4. The Morgan fingerprint density at radius 3 is 2.72 bits per heavy atom. The summed E-state index contributed by atoms with van der Waals surface area (Å²) in [6, 6.07) is 5.91. The first-order valence-corrected chi connectivity index (χ1v) is 10.4. The monoisotopic (exact) mass is 442 g/mol. The van der Waals surface area contributed by atoms with E-state index in [9.17, 15) is 13.2 Å². The molecule has 2 aromatic heterocycles. The summed E-state index contributed by atoms with van der Waals surface area (Å²) in [5, 5.41) is 9.01. The number of rotatable bonds is 4. The van der Waals surface area contributed by atoms with E-state index in [0.717, 1.165) is 35.7 Å². The Kier molecular flexibility index (Phi) is 4.87. The first-order chi connectivity index (χ1) is 15.3. The molecule has 0 radical (unpaired) electrons. The van der Waals surface area contributed by atoms with Gasteiger partial charge in [-0.05, 0) is 25.3 Å². The number of H-pyrrole nitrogens is 1. The highest BCUT2D eigenvalue weighted by Crippen LogP contribution is 2.41. The quantitative estimate of drug-likeness (QED) is 0.467. The van der Waals surface area contributed by atoms with Crippen molar-refractivity contribution in [2.45, 2.75) is 50.6 Å². The topological polar surface area (TPSA) is 90.8 Å². The molecule has 0 amide bonds. The van der Waals surface area contributed by atoms with Gasteiger partial charge < -0.3 is 14.6 Å². The van der Waals surface area contributed by atoms with Crippen molar-refractivity contribution in [3.63, 3.8) is 0 Å². The van der Waals surface area contributed by atoms with Gasteiger partial charge in [0.2, 0.25) is 5.88 Å². The molecule has 10 heteroatoms. The molecule has 2 fully saturated rings. The predicted octanol–water partition coefficient (Wildman–Crippen LogP) is 4.20. The van der Waals surface area contributed by atoms with Crippen LogP contribution in [0.5, 0.6) is 5.88 Å². The van der Waals surface area contributed by atoms with Crippen LogP contribution in [0.2, 0.25) is 0 Å². The van der Waals surface area contributed by atoms with Crippen molar-refractivity contribution in [3.05, 3.63) is 59.8 Å². The molecule has 7 nitrogen and oxygen atoms in total. The van der Waals surface area contributed by atoms with E-state index in [2.05, 4.69) is 24.8 Å². The fourth-order valence-electron chi connectivity index (χ4n) is 4.81. The minimum Gasteiger partial charge on any atom is -0.471 e. The molecule has 1 aromatic carbocycles. The minimum atomic E-state index is -4.54. The fraction of sp³-hybridized carbons (Fsp3) is 0.364. The Bertz CT molecular complexity index is 1130. The zero-order valence-corrected chi connectivity index (χ0v) is 17.2. The van der Waals surface area contributed by atoms with E-state index in [-0.39, 0.29) is 24.1 Å². The summed E-state index contributed by atoms with van der Waals surface area (Å²) in [7, 11) is 0. The molecule has 3 aromatic rings. The van der Waals surface area contributed by atoms with Crippen LogP contribution in [0.1, 0.15) is 36.1 Å². The predicted molar refractivity (Wildman–Crippen MR) is 110 cm³/mol. The van der Waals surface area contributed by atoms with Crippen molar-refractivity contribution >= 4 is 5.84 Å². The number of amidine groups is 1. The molecule has 3 atom stereocenters. The van der Waals surface area contributed by atoms with Gasteiger partial charge in [0.15, 0.2) is 5.69 Å². The second kappa shape index (κ2) is 7.61. The molecule has 2 aliphatic heterocycles. The van der Waals surface area contributed by atoms with Crippen LogP contribution in [-0.2, 0) is 6.18 Å². The summed E-state index contributed by atoms with van der Waals surface area (Å²) in [5.41, 5.74) is 1.64. The van der Waals surface area contributed by atoms with Gasteiger partial charge in [0.25, 0.3) is 0 Å². The van der Waals surface area contributed by atoms with Gasteiger partial charge in [-0.3, -0.25) is 5.41 Å². The Morgan fingerprint density at radius 2 is 2.03 bits per heavy atom. The zero-order valence-electron chi connectivity index (χ0n) is 17.2. The standard InChI is InChI=1S/C22H21F3N6O/c1-12-3-2-4-14(19(12)21-27-7-8-28-21)20(26)31-13-5-6-15(31)16(9-13)32-18-11-29-17(10-30-18)22(23,24)25/h2-4,7-8,10-11,13,15-16,26H,5-6,9H2,1H3,(H,27,28)/t13?,15-,16?/m1/s1. The number of aromatic nitrogens is 4. The van der Waals surface area contributed by atoms with E-state index in [1.807, 2.05) is 25.1 Å². The summed E-state index contributed by atoms with van der Waals surface area (Å²) in [6.45, 7) is 1.99. The van der Waals surface area contributed by atoms with E-state index in [1.165, 1.54) is 0 Å². The van der Waals surface area contributed by atoms with Crippen LogP contribution in [0.25, 0.3) is 11.4 Å². The van der Waals surface area contributed by atoms with Gasteiger partial charge >= 0.3 is 6.18 Å². The van der Waals surface area contributed by atoms with Crippen LogP contribution >= 0.6 is 0 Å². The second-order valence-corrected chi connectivity index (χ2v) is 8.12. The number of halogens is 3. The maximum Gasteiger partial charge on any atom is 0.434 e. The van der Waals surface area contributed by atoms with Crippen molar-refractivity contribution in [2.75, 3.05) is 0 Å². The molecule has 2 aliphatic rings. The first kappa shape index (κ1) is 20.5. The van der Waals surface area contributed by atoms with E-state index in [4.69, 9.17) is 10.1 Å². The SMILES string of the molecule is Cc1cccc(C(=N)N2C3CC[C@@H]2C(Oc2cnc(C(F)(F)F)cn2)C3)c1-c1ncc[nH]1. The second-order valence-electron chi connectivity index (χ2n) is 8.12. The molecule has 5 rings (SSSR count). The van der Waals surface area contributed by atoms with E-state index in [1.54, 1.807) is 12.4 Å². The van der Waals surface area contributed by atoms with E-state index < -0.39 is 11.9 Å². The number of fused-ring (bicyclic) bond motifs is 2. The van der Waals surface area contributed by atoms with Gasteiger partial charge in [-0.25, -0.2) is 15.0 Å². The van der Waals surface area contributed by atoms with Gasteiger partial charge in [-0.2, -0.15) is 13.2 Å². The molecule has 0 spiro atoms. The molecular weight excluding hydrogens is 421 g/mol. The average molecular weight is 442 g/mol. The van der Waals surface area contributed by atoms with Crippen LogP contribution in [0.4, 0.5) is 13.2 Å². The zero-order chi connectivity index (χ0) is 22.5. The maximum absolute atomic E-state index is 12.7. The number of hydrogen-bond donors (Lipinski definition) is 2. The molecule has 2 saturated heterocycles. The van der Waals surface area contributed by atoms with Crippen LogP contribution in [0, 0.1) is 12.3 Å². The fourth-order valence-corrected chi connectivity index (χ4v) is 4.81. The Morgan fingerprint density at radius 1 is 1.19 bits per heavy atom. The molecule has 0 aliphatic carbocycles. The van der Waals surface area contributed by atoms with Crippen molar-refractivity contribution in [1.82, 2.24) is 24.8 Å². The number of nitrogens with one attached hydrogen (secondary N) is 2. The third-order valence-electron chi connectivity index (χ3n) is 6.19. The van der Waals surface area contributed by atoms with Crippen LogP contribution in [-0.4, -0.2) is 48.9 Å². The lowest BCUT2D eigenvalue weighted by molar-refractivity contribution is -0.141. The van der Waals surface area contributed by atoms with E-state index >= 15 is 0 Å². The largest absolute Gasteiger partial charge is 0.471 e. The molecular formula is C22H21F3N6O. The molecule has 32 heavy (non-hydrogen) atoms. The van der Waals surface area contributed by atoms with Gasteiger partial charge in [0.05, 0.1) is 18.4 Å². The maximum atomic E-state index is 12.7. The number of alkyl halides is 3. The summed E-state index contributed by atoms with van der Waals surface area (Å²) in [4.78, 5) is 16.8. The lowest BCUT2D eigenvalue weighted by Crippen LogP contribution is -2.39. The number of ether oxygens (including phenoxy) is 1. The summed E-state index contributed by atoms with van der Waals surface area (Å²) < 4.78 is 44.1. The number of benzene rings is 1. The number of hydrogen-bond acceptors (Lipinski definition) is 5. The van der Waals surface area contributed by atoms with Crippen molar-refractivity contribution < 1.29 is 17.9 Å². The Hall–Kier alpha value is -3.43. The highest BCUT2D eigenvalue weighted by Gasteiger charge is 2.49. The summed E-state index contributed by atoms with van der Waals surface area (Å²) in [5.74, 6) is 1.17. The molecule has 2 N–H and O–H groups in total. The van der Waals surface area contributed by atoms with Crippen molar-refractivity contribution in [3.8, 4) is 17.3 Å². The number of imidazole rings is 1. The van der Waals surface area contributed by atoms with Gasteiger partial charge in [0.1, 0.15) is 17.8 Å². The van der Waals surface area contributed by atoms with Crippen molar-refractivity contribution in [2.24, 2.45) is 0 Å². The van der Waals surface area contributed by atoms with Gasteiger partial charge in [-0.15, -0.1) is 0 Å². The average Bonchev–Trinajstić information content (AvgIpc) is 3.49. The van der Waals surface area contributed by atoms with Crippen molar-refractivity contribution in [1.29, 1.82) is 5.41 Å². The molecule has 4 heterocycles. The van der Waals surface area contributed by atoms with Gasteiger partial charge in [-0.1, -0.05) is 18.2 Å². The Balaban J connectivity index is 1.38. The lowest BCUT2D eigenvalue weighted by Gasteiger charge is -2.28. The van der Waals surface area contributed by atoms with Crippen LogP contribution in [0.15, 0.2) is 43.0 Å². The highest BCUT2D eigenvalue weighted by molar-refractivity contribution is 6.03. The third-order valence-corrected chi connectivity index (χ3v) is 6.19. The summed E-state index contributed by atoms with van der Waals surface area (Å²) in [6.07, 6.45) is 2.79. The van der Waals surface area contributed by atoms with E-state index in [0.29, 0.717) is 24.3 Å². The first-order valence-electron chi connectivity index (χ1n) is 10.4. The number of aryl methyl sites for hydroxylation is 1. The Labute approximate surface area is 182 Å². The molecule has 2 bridgehead atoms. The van der Waals surface area contributed by atoms with Crippen LogP contribution in [0.3, 0.4) is 0 Å². The lowest BCUT2D eigenvalue weighted by atomic mass is 9.98. The van der Waals surface area contributed by atoms with Gasteiger partial charge in [0, 0.05) is 36.0 Å². The number of nitrogens with zero attached hydrogens (tertiary/aromatic N) is 4. The number of aromatic amines is 1. The minimum absolute atomic E-state index is 0.0541. The molecule has 2 unspecified atom stereocenters.